The molecule has 16 heteroatoms. The van der Waals surface area contributed by atoms with Crippen molar-refractivity contribution in [1.29, 1.82) is 0 Å². The fourth-order valence-electron chi connectivity index (χ4n) is 2.75. The van der Waals surface area contributed by atoms with E-state index in [1.54, 1.807) is 0 Å². The highest BCUT2D eigenvalue weighted by molar-refractivity contribution is 7.89. The number of aliphatic hydroxyl groups is 1. The number of amides is 1. The number of carbonyl (C=O) groups excluding carboxylic acids is 1. The van der Waals surface area contributed by atoms with Crippen molar-refractivity contribution >= 4 is 50.5 Å². The molecule has 1 amide bonds. The molecule has 2 aromatic rings. The molecule has 0 bridgehead atoms. The maximum Gasteiger partial charge on any atom is 0.287 e. The van der Waals surface area contributed by atoms with Crippen LogP contribution in [0.5, 0.6) is 17.4 Å². The molecule has 3 rings (SSSR count). The second kappa shape index (κ2) is 10.6. The molecule has 4 N–H and O–H groups in total. The van der Waals surface area contributed by atoms with Crippen LogP contribution >= 0.6 is 23.2 Å². The molecule has 0 spiro atoms. The first-order valence-corrected chi connectivity index (χ1v) is 11.8. The molecule has 0 saturated heterocycles. The molecule has 0 unspecified atom stereocenters. The van der Waals surface area contributed by atoms with Crippen LogP contribution < -0.4 is 19.8 Å². The summed E-state index contributed by atoms with van der Waals surface area (Å²) in [5, 5.41) is 25.5. The maximum absolute atomic E-state index is 13.0. The Bertz CT molecular complexity index is 1290. The minimum absolute atomic E-state index is 0.0144. The smallest absolute Gasteiger partial charge is 0.287 e. The van der Waals surface area contributed by atoms with Crippen LogP contribution in [-0.4, -0.2) is 54.9 Å². The molecule has 0 saturated carbocycles. The summed E-state index contributed by atoms with van der Waals surface area (Å²) in [6.07, 6.45) is -2.32. The number of rotatable bonds is 9. The molecule has 188 valence electrons. The van der Waals surface area contributed by atoms with Crippen LogP contribution in [0.2, 0.25) is 10.0 Å². The lowest BCUT2D eigenvalue weighted by Gasteiger charge is -2.26. The summed E-state index contributed by atoms with van der Waals surface area (Å²) in [6, 6.07) is 3.44. The van der Waals surface area contributed by atoms with E-state index >= 15 is 0 Å². The Morgan fingerprint density at radius 1 is 1.31 bits per heavy atom. The number of hydrazone groups is 1. The third kappa shape index (κ3) is 6.08. The van der Waals surface area contributed by atoms with E-state index in [1.165, 1.54) is 12.1 Å². The summed E-state index contributed by atoms with van der Waals surface area (Å²) in [4.78, 5) is 14.7. The van der Waals surface area contributed by atoms with Gasteiger partial charge in [-0.2, -0.15) is 5.10 Å². The zero-order valence-corrected chi connectivity index (χ0v) is 19.8. The second-order valence-electron chi connectivity index (χ2n) is 6.86. The summed E-state index contributed by atoms with van der Waals surface area (Å²) in [6.45, 7) is 2.90. The highest BCUT2D eigenvalue weighted by Gasteiger charge is 2.29. The van der Waals surface area contributed by atoms with Crippen molar-refractivity contribution in [3.05, 3.63) is 46.7 Å². The van der Waals surface area contributed by atoms with Crippen molar-refractivity contribution in [2.24, 2.45) is 5.10 Å². The number of hydrogen-bond acceptors (Lipinski definition) is 9. The fourth-order valence-corrected chi connectivity index (χ4v) is 4.48. The van der Waals surface area contributed by atoms with Gasteiger partial charge in [0, 0.05) is 24.8 Å². The minimum Gasteiger partial charge on any atom is -0.505 e. The summed E-state index contributed by atoms with van der Waals surface area (Å²) in [5.41, 5.74) is -0.848. The Balaban J connectivity index is 1.90. The minimum atomic E-state index is -4.30. The van der Waals surface area contributed by atoms with E-state index in [4.69, 9.17) is 33.0 Å². The molecular weight excluding hydrogens is 535 g/mol. The van der Waals surface area contributed by atoms with E-state index in [2.05, 4.69) is 26.7 Å². The van der Waals surface area contributed by atoms with Crippen molar-refractivity contribution in [1.82, 2.24) is 15.0 Å². The zero-order chi connectivity index (χ0) is 25.9. The Kier molecular flexibility index (Phi) is 8.00. The number of hydrogen-bond donors (Lipinski definition) is 4. The molecular formula is C19H17Cl2F2N5O6S. The van der Waals surface area contributed by atoms with Gasteiger partial charge >= 0.3 is 0 Å². The Hall–Kier alpha value is -3.20. The van der Waals surface area contributed by atoms with E-state index in [9.17, 15) is 27.1 Å². The maximum atomic E-state index is 13.0. The first-order chi connectivity index (χ1) is 16.4. The number of benzene rings is 1. The molecule has 0 aliphatic carbocycles. The van der Waals surface area contributed by atoms with Gasteiger partial charge in [0.25, 0.3) is 22.4 Å². The number of nitrogens with one attached hydrogen (secondary N) is 2. The Labute approximate surface area is 207 Å². The molecule has 11 nitrogen and oxygen atoms in total. The highest BCUT2D eigenvalue weighted by Crippen LogP contribution is 2.40. The van der Waals surface area contributed by atoms with Crippen molar-refractivity contribution in [3.63, 3.8) is 0 Å². The Morgan fingerprint density at radius 2 is 1.97 bits per heavy atom. The van der Waals surface area contributed by atoms with Gasteiger partial charge in [-0.05, 0) is 12.1 Å². The first-order valence-electron chi connectivity index (χ1n) is 9.52. The number of aliphatic hydroxyl groups excluding tert-OH is 1. The van der Waals surface area contributed by atoms with Gasteiger partial charge in [0.1, 0.15) is 11.6 Å². The lowest BCUT2D eigenvalue weighted by molar-refractivity contribution is -0.115. The second-order valence-corrected chi connectivity index (χ2v) is 9.33. The first kappa shape index (κ1) is 26.4. The summed E-state index contributed by atoms with van der Waals surface area (Å²) in [5.74, 6) is -2.16. The summed E-state index contributed by atoms with van der Waals surface area (Å²) < 4.78 is 58.7. The quantitative estimate of drug-likeness (QED) is 0.370. The van der Waals surface area contributed by atoms with Gasteiger partial charge in [-0.1, -0.05) is 29.8 Å². The van der Waals surface area contributed by atoms with Crippen molar-refractivity contribution in [2.45, 2.75) is 17.7 Å². The predicted octanol–water partition coefficient (Wildman–Crippen LogP) is 2.58. The lowest BCUT2D eigenvalue weighted by Crippen LogP contribution is -2.47. The van der Waals surface area contributed by atoms with Gasteiger partial charge in [-0.15, -0.1) is 0 Å². The van der Waals surface area contributed by atoms with Crippen LogP contribution in [-0.2, 0) is 14.8 Å². The number of sulfonamides is 1. The molecule has 35 heavy (non-hydrogen) atoms. The monoisotopic (exact) mass is 551 g/mol. The van der Waals surface area contributed by atoms with Gasteiger partial charge in [-0.25, -0.2) is 27.2 Å². The number of halogens is 4. The molecule has 1 aliphatic rings. The van der Waals surface area contributed by atoms with Crippen molar-refractivity contribution in [3.8, 4) is 17.4 Å². The van der Waals surface area contributed by atoms with Crippen molar-refractivity contribution in [2.75, 3.05) is 18.3 Å². The summed E-state index contributed by atoms with van der Waals surface area (Å²) in [7, 11) is -4.30. The number of pyridine rings is 1. The van der Waals surface area contributed by atoms with Crippen LogP contribution in [0.25, 0.3) is 0 Å². The molecule has 2 heterocycles. The van der Waals surface area contributed by atoms with Gasteiger partial charge < -0.3 is 20.3 Å². The van der Waals surface area contributed by atoms with Crippen LogP contribution in [0.3, 0.4) is 0 Å². The third-order valence-corrected chi connectivity index (χ3v) is 6.37. The Morgan fingerprint density at radius 3 is 2.57 bits per heavy atom. The SMILES string of the molecule is C=C(CCO)NS(=O)(=O)c1cc(Oc2c(Cl)cc(N3CNC(=O)C(C(F)F)=N3)cc2Cl)ncc1O. The molecule has 1 aliphatic heterocycles. The van der Waals surface area contributed by atoms with Gasteiger partial charge in [0.05, 0.1) is 21.9 Å². The molecule has 0 atom stereocenters. The molecule has 0 fully saturated rings. The van der Waals surface area contributed by atoms with Crippen LogP contribution in [0.4, 0.5) is 14.5 Å². The van der Waals surface area contributed by atoms with Crippen LogP contribution in [0, 0.1) is 0 Å². The van der Waals surface area contributed by atoms with Crippen LogP contribution in [0.15, 0.2) is 46.7 Å². The van der Waals surface area contributed by atoms with Gasteiger partial charge in [0.2, 0.25) is 5.88 Å². The largest absolute Gasteiger partial charge is 0.505 e. The van der Waals surface area contributed by atoms with E-state index in [0.717, 1.165) is 17.3 Å². The number of aromatic nitrogens is 1. The van der Waals surface area contributed by atoms with E-state index in [0.29, 0.717) is 0 Å². The standard InChI is InChI=1S/C19H17Cl2F2N5O6S/c1-9(2-3-29)27-35(32,33)14-6-15(24-7-13(14)30)34-17-11(20)4-10(5-12(17)21)28-8-25-19(31)16(26-28)18(22)23/h4-7,18,27,29-30H,1-3,8H2,(H,25,31). The zero-order valence-electron chi connectivity index (χ0n) is 17.5. The van der Waals surface area contributed by atoms with Crippen LogP contribution in [0.1, 0.15) is 6.42 Å². The van der Waals surface area contributed by atoms with Gasteiger partial charge in [-0.3, -0.25) is 9.52 Å². The fraction of sp³-hybridized carbons (Fsp3) is 0.211. The molecule has 1 aromatic heterocycles. The van der Waals surface area contributed by atoms with E-state index < -0.39 is 38.7 Å². The number of nitrogens with zero attached hydrogens (tertiary/aromatic N) is 3. The molecule has 0 radical (unpaired) electrons. The topological polar surface area (TPSA) is 153 Å². The lowest BCUT2D eigenvalue weighted by atomic mass is 10.2. The third-order valence-electron chi connectivity index (χ3n) is 4.35. The number of anilines is 1. The van der Waals surface area contributed by atoms with Gasteiger partial charge in [0.15, 0.2) is 17.2 Å². The highest BCUT2D eigenvalue weighted by atomic mass is 35.5. The van der Waals surface area contributed by atoms with E-state index in [1.807, 2.05) is 0 Å². The van der Waals surface area contributed by atoms with E-state index in [-0.39, 0.29) is 52.8 Å². The average Bonchev–Trinajstić information content (AvgIpc) is 2.77. The van der Waals surface area contributed by atoms with Crippen molar-refractivity contribution < 1.29 is 36.9 Å². The number of aromatic hydroxyl groups is 1. The molecule has 1 aromatic carbocycles. The summed E-state index contributed by atoms with van der Waals surface area (Å²) >= 11 is 12.5. The number of ether oxygens (including phenoxy) is 1. The predicted molar refractivity (Wildman–Crippen MR) is 123 cm³/mol. The normalized spacial score (nSPS) is 13.9. The number of alkyl halides is 2. The average molecular weight is 552 g/mol. The number of carbonyl (C=O) groups is 1.